The predicted octanol–water partition coefficient (Wildman–Crippen LogP) is 8.87. The van der Waals surface area contributed by atoms with E-state index < -0.39 is 28.9 Å². The van der Waals surface area contributed by atoms with E-state index in [0.717, 1.165) is 23.3 Å². The Morgan fingerprint density at radius 3 is 2.36 bits per heavy atom. The Morgan fingerprint density at radius 2 is 1.64 bits per heavy atom. The number of anilines is 2. The van der Waals surface area contributed by atoms with Crippen LogP contribution in [0.25, 0.3) is 6.08 Å². The van der Waals surface area contributed by atoms with E-state index in [1.807, 2.05) is 31.2 Å². The Kier molecular flexibility index (Phi) is 12.2. The first-order valence-electron chi connectivity index (χ1n) is 17.2. The number of benzene rings is 4. The predicted molar refractivity (Wildman–Crippen MR) is 209 cm³/mol. The van der Waals surface area contributed by atoms with Gasteiger partial charge in [-0.2, -0.15) is 0 Å². The van der Waals surface area contributed by atoms with Crippen LogP contribution in [0.1, 0.15) is 68.0 Å². The summed E-state index contributed by atoms with van der Waals surface area (Å²) in [7, 11) is 1.35. The summed E-state index contributed by atoms with van der Waals surface area (Å²) in [5.41, 5.74) is 3.35. The van der Waals surface area contributed by atoms with Gasteiger partial charge in [-0.25, -0.2) is 9.18 Å². The Morgan fingerprint density at radius 1 is 0.925 bits per heavy atom. The molecule has 1 heterocycles. The van der Waals surface area contributed by atoms with E-state index in [1.165, 1.54) is 60.0 Å². The zero-order valence-corrected chi connectivity index (χ0v) is 30.8. The van der Waals surface area contributed by atoms with E-state index in [1.54, 1.807) is 54.6 Å². The molecule has 2 unspecified atom stereocenters. The van der Waals surface area contributed by atoms with Crippen LogP contribution in [0.4, 0.5) is 15.1 Å². The van der Waals surface area contributed by atoms with Crippen molar-refractivity contribution >= 4 is 63.6 Å². The first-order chi connectivity index (χ1) is 25.7. The van der Waals surface area contributed by atoms with E-state index in [9.17, 15) is 23.6 Å². The molecule has 1 aliphatic carbocycles. The maximum absolute atomic E-state index is 14.6. The number of ether oxygens (including phenoxy) is 1. The molecule has 5 aromatic rings. The van der Waals surface area contributed by atoms with Crippen LogP contribution in [-0.4, -0.2) is 36.1 Å². The molecular weight excluding hydrogens is 710 g/mol. The van der Waals surface area contributed by atoms with Gasteiger partial charge in [0.15, 0.2) is 0 Å². The summed E-state index contributed by atoms with van der Waals surface area (Å²) in [6.45, 7) is 1.91. The first-order valence-corrected chi connectivity index (χ1v) is 18.9. The van der Waals surface area contributed by atoms with Gasteiger partial charge in [-0.15, -0.1) is 23.1 Å². The Hall–Kier alpha value is -5.52. The minimum absolute atomic E-state index is 0.130. The molecule has 1 aromatic heterocycles. The average Bonchev–Trinajstić information content (AvgIpc) is 3.54. The number of hydrogen-bond donors (Lipinski definition) is 3. The second-order valence-electron chi connectivity index (χ2n) is 12.4. The van der Waals surface area contributed by atoms with Gasteiger partial charge in [0.1, 0.15) is 16.5 Å². The number of nitrogens with one attached hydrogen (secondary N) is 3. The fourth-order valence-corrected chi connectivity index (χ4v) is 8.55. The summed E-state index contributed by atoms with van der Waals surface area (Å²) in [5.74, 6) is -2.13. The third kappa shape index (κ3) is 9.11. The molecule has 3 amide bonds. The van der Waals surface area contributed by atoms with Crippen molar-refractivity contribution in [1.82, 2.24) is 5.32 Å². The van der Waals surface area contributed by atoms with E-state index >= 15 is 0 Å². The van der Waals surface area contributed by atoms with Crippen LogP contribution in [0.3, 0.4) is 0 Å². The topological polar surface area (TPSA) is 114 Å². The van der Waals surface area contributed by atoms with Crippen molar-refractivity contribution in [2.24, 2.45) is 0 Å². The lowest BCUT2D eigenvalue weighted by atomic mass is 9.83. The highest BCUT2D eigenvalue weighted by atomic mass is 32.2. The standard InChI is InChI=1S/C42H38FN3O5S2/c1-3-35(40(49)46-41-37(42(50)51-2)32-22-21-28(24-36(32)53-41)26-13-6-4-7-14-26)52-31-19-12-18-30(25-31)44-39(48)34(23-29-17-10-11-20-33(29)43)45-38(47)27-15-8-5-9-16-27/h4-20,23,25,28,35H,3,21-22,24H2,1-2H3,(H,44,48)(H,45,47)(H,46,49)/b34-23-. The number of carbonyl (C=O) groups excluding carboxylic acids is 4. The van der Waals surface area contributed by atoms with Gasteiger partial charge in [0.05, 0.1) is 17.9 Å². The summed E-state index contributed by atoms with van der Waals surface area (Å²) in [6, 6.07) is 31.7. The summed E-state index contributed by atoms with van der Waals surface area (Å²) in [6.07, 6.45) is 4.16. The molecule has 6 rings (SSSR count). The quantitative estimate of drug-likeness (QED) is 0.0668. The molecule has 0 bridgehead atoms. The Labute approximate surface area is 315 Å². The lowest BCUT2D eigenvalue weighted by molar-refractivity contribution is -0.116. The van der Waals surface area contributed by atoms with E-state index in [4.69, 9.17) is 4.74 Å². The summed E-state index contributed by atoms with van der Waals surface area (Å²) < 4.78 is 19.7. The number of thioether (sulfide) groups is 1. The van der Waals surface area contributed by atoms with Crippen LogP contribution in [0.2, 0.25) is 0 Å². The molecule has 0 fully saturated rings. The minimum Gasteiger partial charge on any atom is -0.465 e. The average molecular weight is 748 g/mol. The zero-order valence-electron chi connectivity index (χ0n) is 29.2. The van der Waals surface area contributed by atoms with Gasteiger partial charge in [0, 0.05) is 26.6 Å². The molecule has 1 aliphatic rings. The van der Waals surface area contributed by atoms with Crippen LogP contribution < -0.4 is 16.0 Å². The van der Waals surface area contributed by atoms with Gasteiger partial charge >= 0.3 is 5.97 Å². The number of thiophene rings is 1. The molecule has 8 nitrogen and oxygen atoms in total. The van der Waals surface area contributed by atoms with Crippen LogP contribution in [0.5, 0.6) is 0 Å². The fourth-order valence-electron chi connectivity index (χ4n) is 6.22. The molecule has 11 heteroatoms. The number of fused-ring (bicyclic) bond motifs is 1. The van der Waals surface area contributed by atoms with Crippen LogP contribution >= 0.6 is 23.1 Å². The third-order valence-electron chi connectivity index (χ3n) is 8.93. The van der Waals surface area contributed by atoms with Crippen molar-refractivity contribution in [3.63, 3.8) is 0 Å². The maximum Gasteiger partial charge on any atom is 0.341 e. The number of hydrogen-bond acceptors (Lipinski definition) is 7. The maximum atomic E-state index is 14.6. The van der Waals surface area contributed by atoms with Crippen molar-refractivity contribution in [3.05, 3.63) is 153 Å². The van der Waals surface area contributed by atoms with Gasteiger partial charge in [-0.3, -0.25) is 14.4 Å². The fraction of sp³-hybridized carbons (Fsp3) is 0.190. The number of amides is 3. The van der Waals surface area contributed by atoms with Crippen molar-refractivity contribution in [3.8, 4) is 0 Å². The monoisotopic (exact) mass is 747 g/mol. The Bertz CT molecular complexity index is 2150. The third-order valence-corrected chi connectivity index (χ3v) is 11.5. The molecule has 0 radical (unpaired) electrons. The molecule has 0 saturated heterocycles. The van der Waals surface area contributed by atoms with Gasteiger partial charge in [0.25, 0.3) is 11.8 Å². The molecule has 270 valence electrons. The summed E-state index contributed by atoms with van der Waals surface area (Å²) in [5, 5.41) is 8.43. The molecule has 2 atom stereocenters. The Balaban J connectivity index is 1.17. The van der Waals surface area contributed by atoms with E-state index in [-0.39, 0.29) is 17.2 Å². The number of methoxy groups -OCH3 is 1. The molecule has 53 heavy (non-hydrogen) atoms. The largest absolute Gasteiger partial charge is 0.465 e. The van der Waals surface area contributed by atoms with Crippen LogP contribution in [-0.2, 0) is 27.2 Å². The number of esters is 1. The van der Waals surface area contributed by atoms with Gasteiger partial charge in [-0.05, 0) is 85.2 Å². The molecular formula is C42H38FN3O5S2. The van der Waals surface area contributed by atoms with Gasteiger partial charge in [0.2, 0.25) is 5.91 Å². The highest BCUT2D eigenvalue weighted by molar-refractivity contribution is 8.00. The number of rotatable bonds is 12. The summed E-state index contributed by atoms with van der Waals surface area (Å²) >= 11 is 2.76. The summed E-state index contributed by atoms with van der Waals surface area (Å²) in [4.78, 5) is 55.1. The van der Waals surface area contributed by atoms with Crippen LogP contribution in [0.15, 0.2) is 120 Å². The van der Waals surface area contributed by atoms with Crippen LogP contribution in [0, 0.1) is 5.82 Å². The lowest BCUT2D eigenvalue weighted by Crippen LogP contribution is -2.30. The molecule has 3 N–H and O–H groups in total. The molecule has 4 aromatic carbocycles. The van der Waals surface area contributed by atoms with Crippen molar-refractivity contribution in [2.75, 3.05) is 17.7 Å². The highest BCUT2D eigenvalue weighted by Crippen LogP contribution is 2.43. The smallest absolute Gasteiger partial charge is 0.341 e. The van der Waals surface area contributed by atoms with E-state index in [2.05, 4.69) is 28.1 Å². The first kappa shape index (κ1) is 37.2. The lowest BCUT2D eigenvalue weighted by Gasteiger charge is -2.22. The minimum atomic E-state index is -0.657. The SMILES string of the molecule is CCC(Sc1cccc(NC(=O)/C(=C/c2ccccc2F)NC(=O)c2ccccc2)c1)C(=O)Nc1sc2c(c1C(=O)OC)CCC(c1ccccc1)C2. The van der Waals surface area contributed by atoms with Gasteiger partial charge in [-0.1, -0.05) is 79.7 Å². The van der Waals surface area contributed by atoms with Crippen molar-refractivity contribution in [1.29, 1.82) is 0 Å². The number of carbonyl (C=O) groups is 4. The van der Waals surface area contributed by atoms with Crippen molar-refractivity contribution < 1.29 is 28.3 Å². The second-order valence-corrected chi connectivity index (χ2v) is 14.8. The highest BCUT2D eigenvalue weighted by Gasteiger charge is 2.31. The molecule has 0 spiro atoms. The second kappa shape index (κ2) is 17.3. The van der Waals surface area contributed by atoms with Gasteiger partial charge < -0.3 is 20.7 Å². The molecule has 0 aliphatic heterocycles. The van der Waals surface area contributed by atoms with E-state index in [0.29, 0.717) is 45.5 Å². The number of halogens is 1. The molecule has 0 saturated carbocycles. The zero-order chi connectivity index (χ0) is 37.3. The normalized spacial score (nSPS) is 14.4. The van der Waals surface area contributed by atoms with Crippen molar-refractivity contribution in [2.45, 2.75) is 48.7 Å².